The maximum Gasteiger partial charge on any atom is 0.330 e. The number of ether oxygens (including phenoxy) is 1. The highest BCUT2D eigenvalue weighted by Gasteiger charge is 2.43. The van der Waals surface area contributed by atoms with Crippen LogP contribution in [0.5, 0.6) is 0 Å². The van der Waals surface area contributed by atoms with Crippen molar-refractivity contribution in [2.45, 2.75) is 23.3 Å². The largest absolute Gasteiger partial charge is 0.394 e. The van der Waals surface area contributed by atoms with Crippen LogP contribution in [0.4, 0.5) is 0 Å². The summed E-state index contributed by atoms with van der Waals surface area (Å²) in [5, 5.41) is 18.8. The molecule has 2 rings (SSSR count). The molecule has 18 heavy (non-hydrogen) atoms. The first-order chi connectivity index (χ1) is 8.45. The number of nitrogens with zero attached hydrogens (tertiary/aromatic N) is 1. The summed E-state index contributed by atoms with van der Waals surface area (Å²) < 4.78 is 6.69. The molecule has 2 heterocycles. The summed E-state index contributed by atoms with van der Waals surface area (Å²) in [4.78, 5) is 24.4. The van der Waals surface area contributed by atoms with E-state index < -0.39 is 34.5 Å². The van der Waals surface area contributed by atoms with Crippen molar-refractivity contribution in [2.24, 2.45) is 0 Å². The number of aromatic amines is 1. The van der Waals surface area contributed by atoms with Gasteiger partial charge in [0.1, 0.15) is 6.10 Å². The fraction of sp³-hybridized carbons (Fsp3) is 0.556. The molecule has 0 bridgehead atoms. The summed E-state index contributed by atoms with van der Waals surface area (Å²) in [6.45, 7) is -0.362. The lowest BCUT2D eigenvalue weighted by atomic mass is 10.2. The number of aliphatic hydroxyl groups is 2. The fourth-order valence-electron chi connectivity index (χ4n) is 1.73. The van der Waals surface area contributed by atoms with E-state index in [1.165, 1.54) is 6.20 Å². The minimum atomic E-state index is -0.947. The lowest BCUT2D eigenvalue weighted by molar-refractivity contribution is -0.0457. The van der Waals surface area contributed by atoms with Gasteiger partial charge in [0, 0.05) is 6.20 Å². The van der Waals surface area contributed by atoms with Crippen LogP contribution in [0.2, 0.25) is 0 Å². The molecule has 0 saturated carbocycles. The second-order valence-electron chi connectivity index (χ2n) is 3.83. The zero-order valence-electron chi connectivity index (χ0n) is 8.92. The van der Waals surface area contributed by atoms with Gasteiger partial charge in [0.2, 0.25) is 0 Å². The molecule has 1 saturated heterocycles. The van der Waals surface area contributed by atoms with Crippen LogP contribution in [-0.2, 0) is 4.74 Å². The van der Waals surface area contributed by atoms with Gasteiger partial charge in [0.15, 0.2) is 6.23 Å². The van der Waals surface area contributed by atoms with Crippen molar-refractivity contribution < 1.29 is 14.9 Å². The Morgan fingerprint density at radius 3 is 2.72 bits per heavy atom. The number of nitrogens with one attached hydrogen (secondary N) is 1. The molecule has 0 unspecified atom stereocenters. The standard InChI is InChI=1S/C9H10Br2N2O5/c10-3-1-13(9(17)12-7(3)16)8-5(11)6(15)4(2-14)18-8/h1,4-6,8,14-15H,2H2,(H,12,16,17)/t4-,5+,6-,8-/m1/s1. The van der Waals surface area contributed by atoms with E-state index in [-0.39, 0.29) is 11.1 Å². The number of hydrogen-bond acceptors (Lipinski definition) is 5. The van der Waals surface area contributed by atoms with Gasteiger partial charge in [-0.3, -0.25) is 14.3 Å². The van der Waals surface area contributed by atoms with E-state index in [9.17, 15) is 14.7 Å². The van der Waals surface area contributed by atoms with Gasteiger partial charge in [-0.15, -0.1) is 0 Å². The van der Waals surface area contributed by atoms with Crippen LogP contribution >= 0.6 is 31.9 Å². The Morgan fingerprint density at radius 1 is 1.50 bits per heavy atom. The number of rotatable bonds is 2. The minimum Gasteiger partial charge on any atom is -0.394 e. The van der Waals surface area contributed by atoms with Crippen LogP contribution in [0.25, 0.3) is 0 Å². The summed E-state index contributed by atoms with van der Waals surface area (Å²) in [6, 6.07) is 0. The van der Waals surface area contributed by atoms with Crippen LogP contribution in [-0.4, -0.2) is 43.4 Å². The molecule has 100 valence electrons. The van der Waals surface area contributed by atoms with E-state index in [2.05, 4.69) is 36.8 Å². The molecule has 4 atom stereocenters. The maximum atomic E-state index is 11.7. The van der Waals surface area contributed by atoms with E-state index in [0.29, 0.717) is 0 Å². The topological polar surface area (TPSA) is 105 Å². The first-order valence-electron chi connectivity index (χ1n) is 5.05. The third-order valence-corrected chi connectivity index (χ3v) is 4.23. The zero-order chi connectivity index (χ0) is 13.4. The van der Waals surface area contributed by atoms with E-state index in [1.54, 1.807) is 0 Å². The van der Waals surface area contributed by atoms with Crippen molar-refractivity contribution in [3.8, 4) is 0 Å². The van der Waals surface area contributed by atoms with Gasteiger partial charge in [0.05, 0.1) is 22.0 Å². The molecule has 0 radical (unpaired) electrons. The van der Waals surface area contributed by atoms with Crippen LogP contribution in [0.3, 0.4) is 0 Å². The monoisotopic (exact) mass is 384 g/mol. The Kier molecular flexibility index (Phi) is 4.07. The predicted octanol–water partition coefficient (Wildman–Crippen LogP) is -0.687. The molecular weight excluding hydrogens is 376 g/mol. The lowest BCUT2D eigenvalue weighted by Crippen LogP contribution is -2.35. The zero-order valence-corrected chi connectivity index (χ0v) is 12.1. The SMILES string of the molecule is O=c1[nH]c(=O)n([C@@H]2O[C@H](CO)[C@@H](O)[C@@H]2Br)cc1Br. The van der Waals surface area contributed by atoms with Crippen LogP contribution in [0.1, 0.15) is 6.23 Å². The molecule has 0 aromatic carbocycles. The van der Waals surface area contributed by atoms with Crippen molar-refractivity contribution in [2.75, 3.05) is 6.61 Å². The summed E-state index contributed by atoms with van der Waals surface area (Å²) in [5.74, 6) is 0. The summed E-state index contributed by atoms with van der Waals surface area (Å²) in [6.07, 6.45) is -1.25. The van der Waals surface area contributed by atoms with E-state index in [1.807, 2.05) is 0 Å². The van der Waals surface area contributed by atoms with Gasteiger partial charge in [0.25, 0.3) is 5.56 Å². The summed E-state index contributed by atoms with van der Waals surface area (Å²) in [7, 11) is 0. The van der Waals surface area contributed by atoms with Crippen molar-refractivity contribution >= 4 is 31.9 Å². The number of halogens is 2. The summed E-state index contributed by atoms with van der Waals surface area (Å²) >= 11 is 6.22. The average Bonchev–Trinajstić information content (AvgIpc) is 2.61. The van der Waals surface area contributed by atoms with E-state index in [4.69, 9.17) is 9.84 Å². The highest BCUT2D eigenvalue weighted by Crippen LogP contribution is 2.33. The number of H-pyrrole nitrogens is 1. The first kappa shape index (κ1) is 13.9. The first-order valence-corrected chi connectivity index (χ1v) is 6.76. The van der Waals surface area contributed by atoms with Crippen molar-refractivity contribution in [1.29, 1.82) is 0 Å². The van der Waals surface area contributed by atoms with Gasteiger partial charge in [-0.25, -0.2) is 4.79 Å². The van der Waals surface area contributed by atoms with E-state index >= 15 is 0 Å². The maximum absolute atomic E-state index is 11.7. The smallest absolute Gasteiger partial charge is 0.330 e. The van der Waals surface area contributed by atoms with Gasteiger partial charge in [-0.1, -0.05) is 15.9 Å². The van der Waals surface area contributed by atoms with Crippen LogP contribution in [0.15, 0.2) is 20.3 Å². The van der Waals surface area contributed by atoms with E-state index in [0.717, 1.165) is 4.57 Å². The van der Waals surface area contributed by atoms with Crippen molar-refractivity contribution in [3.63, 3.8) is 0 Å². The quantitative estimate of drug-likeness (QED) is 0.585. The molecule has 1 aliphatic heterocycles. The van der Waals surface area contributed by atoms with Crippen LogP contribution < -0.4 is 11.2 Å². The number of alkyl halides is 1. The van der Waals surface area contributed by atoms with Gasteiger partial charge < -0.3 is 14.9 Å². The minimum absolute atomic E-state index is 0.173. The van der Waals surface area contributed by atoms with Gasteiger partial charge >= 0.3 is 5.69 Å². The molecule has 3 N–H and O–H groups in total. The Labute approximate surface area is 118 Å². The molecule has 1 aromatic rings. The van der Waals surface area contributed by atoms with Crippen molar-refractivity contribution in [3.05, 3.63) is 31.5 Å². The van der Waals surface area contributed by atoms with Gasteiger partial charge in [-0.05, 0) is 15.9 Å². The fourth-order valence-corrected chi connectivity index (χ4v) is 2.77. The predicted molar refractivity (Wildman–Crippen MR) is 68.7 cm³/mol. The second-order valence-corrected chi connectivity index (χ2v) is 5.74. The Balaban J connectivity index is 2.42. The Hall–Kier alpha value is -0.480. The third kappa shape index (κ3) is 2.32. The molecule has 1 fully saturated rings. The third-order valence-electron chi connectivity index (χ3n) is 2.67. The number of aliphatic hydroxyl groups excluding tert-OH is 2. The van der Waals surface area contributed by atoms with Gasteiger partial charge in [-0.2, -0.15) is 0 Å². The number of aromatic nitrogens is 2. The molecule has 0 amide bonds. The normalized spacial score (nSPS) is 31.8. The molecule has 1 aromatic heterocycles. The highest BCUT2D eigenvalue weighted by atomic mass is 79.9. The highest BCUT2D eigenvalue weighted by molar-refractivity contribution is 9.10. The summed E-state index contributed by atoms with van der Waals surface area (Å²) in [5.41, 5.74) is -1.19. The van der Waals surface area contributed by atoms with Crippen molar-refractivity contribution in [1.82, 2.24) is 9.55 Å². The molecule has 7 nitrogen and oxygen atoms in total. The molecular formula is C9H10Br2N2O5. The second kappa shape index (κ2) is 5.25. The Morgan fingerprint density at radius 2 is 2.17 bits per heavy atom. The Bertz CT molecular complexity index is 557. The lowest BCUT2D eigenvalue weighted by Gasteiger charge is -2.16. The average molecular weight is 386 g/mol. The molecule has 0 spiro atoms. The number of hydrogen-bond donors (Lipinski definition) is 3. The molecule has 1 aliphatic rings. The molecule has 9 heteroatoms. The van der Waals surface area contributed by atoms with Crippen LogP contribution in [0, 0.1) is 0 Å². The molecule has 0 aliphatic carbocycles.